The average molecular weight is 311 g/mol. The van der Waals surface area contributed by atoms with Crippen molar-refractivity contribution in [2.45, 2.75) is 51.1 Å². The molecule has 21 heavy (non-hydrogen) atoms. The van der Waals surface area contributed by atoms with E-state index in [-0.39, 0.29) is 5.54 Å². The van der Waals surface area contributed by atoms with Crippen molar-refractivity contribution in [1.29, 1.82) is 0 Å². The fourth-order valence-corrected chi connectivity index (χ4v) is 3.71. The van der Waals surface area contributed by atoms with Gasteiger partial charge in [-0.2, -0.15) is 0 Å². The maximum atomic E-state index is 6.16. The van der Waals surface area contributed by atoms with Crippen LogP contribution >= 0.6 is 11.6 Å². The second kappa shape index (κ2) is 7.48. The second-order valence-electron chi connectivity index (χ2n) is 6.01. The Hall–Kier alpha value is -0.770. The Morgan fingerprint density at radius 2 is 2.05 bits per heavy atom. The van der Waals surface area contributed by atoms with Gasteiger partial charge >= 0.3 is 0 Å². The number of ether oxygens (including phenoxy) is 1. The van der Waals surface area contributed by atoms with Gasteiger partial charge in [-0.3, -0.25) is 4.90 Å². The lowest BCUT2D eigenvalue weighted by atomic mass is 9.94. The molecule has 4 heteroatoms. The molecule has 1 fully saturated rings. The smallest absolute Gasteiger partial charge is 0.123 e. The minimum atomic E-state index is 0.156. The van der Waals surface area contributed by atoms with Gasteiger partial charge < -0.3 is 10.5 Å². The highest BCUT2D eigenvalue weighted by Crippen LogP contribution is 2.37. The normalized spacial score (nSPS) is 17.4. The first-order chi connectivity index (χ1) is 10.1. The summed E-state index contributed by atoms with van der Waals surface area (Å²) < 4.78 is 5.49. The zero-order chi connectivity index (χ0) is 15.3. The van der Waals surface area contributed by atoms with E-state index in [2.05, 4.69) is 11.8 Å². The van der Waals surface area contributed by atoms with Gasteiger partial charge in [-0.05, 0) is 44.0 Å². The van der Waals surface area contributed by atoms with Crippen molar-refractivity contribution in [3.05, 3.63) is 28.8 Å². The Balaban J connectivity index is 2.25. The standard InChI is InChI=1S/C17H27ClN2O/c1-3-10-20(17(13-19)8-4-5-9-17)12-14-11-15(18)6-7-16(14)21-2/h6-7,11H,3-5,8-10,12-13,19H2,1-2H3. The van der Waals surface area contributed by atoms with Gasteiger partial charge in [0.25, 0.3) is 0 Å². The summed E-state index contributed by atoms with van der Waals surface area (Å²) in [5, 5.41) is 0.760. The lowest BCUT2D eigenvalue weighted by Crippen LogP contribution is -2.51. The first-order valence-corrected chi connectivity index (χ1v) is 8.30. The Bertz CT molecular complexity index is 458. The van der Waals surface area contributed by atoms with Crippen molar-refractivity contribution in [1.82, 2.24) is 4.90 Å². The molecule has 2 rings (SSSR count). The highest BCUT2D eigenvalue weighted by molar-refractivity contribution is 6.30. The summed E-state index contributed by atoms with van der Waals surface area (Å²) >= 11 is 6.16. The maximum absolute atomic E-state index is 6.16. The summed E-state index contributed by atoms with van der Waals surface area (Å²) in [4.78, 5) is 2.55. The van der Waals surface area contributed by atoms with E-state index in [1.165, 1.54) is 25.7 Å². The molecular formula is C17H27ClN2O. The molecule has 0 aliphatic heterocycles. The molecule has 3 nitrogen and oxygen atoms in total. The highest BCUT2D eigenvalue weighted by atomic mass is 35.5. The highest BCUT2D eigenvalue weighted by Gasteiger charge is 2.38. The molecule has 1 aliphatic rings. The molecular weight excluding hydrogens is 284 g/mol. The number of benzene rings is 1. The summed E-state index contributed by atoms with van der Waals surface area (Å²) in [6.45, 7) is 4.87. The average Bonchev–Trinajstić information content (AvgIpc) is 2.97. The fraction of sp³-hybridized carbons (Fsp3) is 0.647. The van der Waals surface area contributed by atoms with Crippen molar-refractivity contribution < 1.29 is 4.74 Å². The lowest BCUT2D eigenvalue weighted by Gasteiger charge is -2.41. The third kappa shape index (κ3) is 3.71. The van der Waals surface area contributed by atoms with Crippen LogP contribution in [0.15, 0.2) is 18.2 Å². The minimum Gasteiger partial charge on any atom is -0.496 e. The Labute approximate surface area is 133 Å². The zero-order valence-electron chi connectivity index (χ0n) is 13.2. The molecule has 0 radical (unpaired) electrons. The summed E-state index contributed by atoms with van der Waals surface area (Å²) in [5.41, 5.74) is 7.46. The van der Waals surface area contributed by atoms with Crippen LogP contribution in [0.1, 0.15) is 44.6 Å². The van der Waals surface area contributed by atoms with Crippen molar-refractivity contribution in [2.75, 3.05) is 20.2 Å². The van der Waals surface area contributed by atoms with Gasteiger partial charge in [0.05, 0.1) is 7.11 Å². The molecule has 2 N–H and O–H groups in total. The molecule has 118 valence electrons. The third-order valence-corrected chi connectivity index (χ3v) is 4.92. The SMILES string of the molecule is CCCN(Cc1cc(Cl)ccc1OC)C1(CN)CCCC1. The predicted octanol–water partition coefficient (Wildman–Crippen LogP) is 3.83. The number of hydrogen-bond donors (Lipinski definition) is 1. The molecule has 0 unspecified atom stereocenters. The van der Waals surface area contributed by atoms with E-state index in [0.717, 1.165) is 42.4 Å². The molecule has 1 aromatic rings. The summed E-state index contributed by atoms with van der Waals surface area (Å²) in [7, 11) is 1.71. The fourth-order valence-electron chi connectivity index (χ4n) is 3.51. The van der Waals surface area contributed by atoms with Crippen LogP contribution in [-0.4, -0.2) is 30.6 Å². The number of nitrogens with two attached hydrogens (primary N) is 1. The van der Waals surface area contributed by atoms with Crippen molar-refractivity contribution in [2.24, 2.45) is 5.73 Å². The number of nitrogens with zero attached hydrogens (tertiary/aromatic N) is 1. The van der Waals surface area contributed by atoms with Crippen molar-refractivity contribution in [3.8, 4) is 5.75 Å². The first-order valence-electron chi connectivity index (χ1n) is 7.93. The molecule has 0 heterocycles. The van der Waals surface area contributed by atoms with Crippen LogP contribution in [0.3, 0.4) is 0 Å². The van der Waals surface area contributed by atoms with Gasteiger partial charge in [0.1, 0.15) is 5.75 Å². The van der Waals surface area contributed by atoms with E-state index in [1.54, 1.807) is 7.11 Å². The Kier molecular flexibility index (Phi) is 5.91. The Morgan fingerprint density at radius 1 is 1.33 bits per heavy atom. The van der Waals surface area contributed by atoms with E-state index < -0.39 is 0 Å². The first kappa shape index (κ1) is 16.6. The van der Waals surface area contributed by atoms with E-state index >= 15 is 0 Å². The number of methoxy groups -OCH3 is 1. The topological polar surface area (TPSA) is 38.5 Å². The van der Waals surface area contributed by atoms with Crippen molar-refractivity contribution in [3.63, 3.8) is 0 Å². The van der Waals surface area contributed by atoms with E-state index in [1.807, 2.05) is 18.2 Å². The monoisotopic (exact) mass is 310 g/mol. The van der Waals surface area contributed by atoms with Gasteiger partial charge in [-0.15, -0.1) is 0 Å². The van der Waals surface area contributed by atoms with E-state index in [4.69, 9.17) is 22.1 Å². The summed E-state index contributed by atoms with van der Waals surface area (Å²) in [5.74, 6) is 0.908. The van der Waals surface area contributed by atoms with Crippen LogP contribution < -0.4 is 10.5 Å². The van der Waals surface area contributed by atoms with Crippen LogP contribution in [0.4, 0.5) is 0 Å². The van der Waals surface area contributed by atoms with Crippen LogP contribution in [0.5, 0.6) is 5.75 Å². The molecule has 0 aromatic heterocycles. The minimum absolute atomic E-state index is 0.156. The molecule has 0 spiro atoms. The molecule has 0 amide bonds. The molecule has 0 atom stereocenters. The molecule has 1 aliphatic carbocycles. The van der Waals surface area contributed by atoms with Crippen molar-refractivity contribution >= 4 is 11.6 Å². The molecule has 0 saturated heterocycles. The number of rotatable bonds is 7. The number of hydrogen-bond acceptors (Lipinski definition) is 3. The van der Waals surface area contributed by atoms with Crippen LogP contribution in [0, 0.1) is 0 Å². The summed E-state index contributed by atoms with van der Waals surface area (Å²) in [6.07, 6.45) is 6.09. The van der Waals surface area contributed by atoms with Crippen LogP contribution in [-0.2, 0) is 6.54 Å². The van der Waals surface area contributed by atoms with E-state index in [9.17, 15) is 0 Å². The Morgan fingerprint density at radius 3 is 2.62 bits per heavy atom. The quantitative estimate of drug-likeness (QED) is 0.831. The van der Waals surface area contributed by atoms with Crippen LogP contribution in [0.25, 0.3) is 0 Å². The van der Waals surface area contributed by atoms with Gasteiger partial charge in [0.15, 0.2) is 0 Å². The van der Waals surface area contributed by atoms with Gasteiger partial charge in [-0.25, -0.2) is 0 Å². The van der Waals surface area contributed by atoms with Gasteiger partial charge in [0.2, 0.25) is 0 Å². The third-order valence-electron chi connectivity index (χ3n) is 4.68. The summed E-state index contributed by atoms with van der Waals surface area (Å²) in [6, 6.07) is 5.84. The largest absolute Gasteiger partial charge is 0.496 e. The lowest BCUT2D eigenvalue weighted by molar-refractivity contribution is 0.0894. The van der Waals surface area contributed by atoms with Gasteiger partial charge in [-0.1, -0.05) is 31.4 Å². The predicted molar refractivity (Wildman–Crippen MR) is 89.0 cm³/mol. The molecule has 0 bridgehead atoms. The van der Waals surface area contributed by atoms with Crippen LogP contribution in [0.2, 0.25) is 5.02 Å². The second-order valence-corrected chi connectivity index (χ2v) is 6.45. The zero-order valence-corrected chi connectivity index (χ0v) is 14.0. The molecule has 1 aromatic carbocycles. The van der Waals surface area contributed by atoms with Gasteiger partial charge in [0, 0.05) is 29.2 Å². The molecule has 1 saturated carbocycles. The van der Waals surface area contributed by atoms with E-state index in [0.29, 0.717) is 0 Å². The number of halogens is 1. The maximum Gasteiger partial charge on any atom is 0.123 e.